The molecule has 0 bridgehead atoms. The maximum atomic E-state index is 12.7. The summed E-state index contributed by atoms with van der Waals surface area (Å²) in [5, 5.41) is 4.36. The Morgan fingerprint density at radius 2 is 1.96 bits per heavy atom. The fourth-order valence-electron chi connectivity index (χ4n) is 4.34. The molecule has 27 heavy (non-hydrogen) atoms. The number of likely N-dealkylation sites (tertiary alicyclic amines) is 1. The van der Waals surface area contributed by atoms with Crippen LogP contribution in [0.1, 0.15) is 66.6 Å². The number of piperidine rings is 1. The first-order valence-corrected chi connectivity index (χ1v) is 10.1. The molecule has 0 aromatic carbocycles. The molecule has 0 unspecified atom stereocenters. The van der Waals surface area contributed by atoms with Crippen molar-refractivity contribution in [3.05, 3.63) is 35.7 Å². The van der Waals surface area contributed by atoms with Crippen molar-refractivity contribution in [1.82, 2.24) is 24.2 Å². The second kappa shape index (κ2) is 7.84. The number of hydrogen-bond acceptors (Lipinski definition) is 4. The third-order valence-corrected chi connectivity index (χ3v) is 5.90. The molecule has 2 saturated heterocycles. The Bertz CT molecular complexity index is 782. The lowest BCUT2D eigenvalue weighted by Gasteiger charge is -2.34. The summed E-state index contributed by atoms with van der Waals surface area (Å²) < 4.78 is 9.75. The lowest BCUT2D eigenvalue weighted by molar-refractivity contribution is 0.0676. The van der Waals surface area contributed by atoms with Crippen LogP contribution in [0.25, 0.3) is 0 Å². The summed E-state index contributed by atoms with van der Waals surface area (Å²) in [5.41, 5.74) is 1.78. The number of ether oxygens (including phenoxy) is 1. The van der Waals surface area contributed by atoms with Crippen molar-refractivity contribution in [3.63, 3.8) is 0 Å². The van der Waals surface area contributed by atoms with Crippen molar-refractivity contribution < 1.29 is 9.53 Å². The Hall–Kier alpha value is -2.15. The van der Waals surface area contributed by atoms with Gasteiger partial charge in [-0.1, -0.05) is 0 Å². The quantitative estimate of drug-likeness (QED) is 0.829. The van der Waals surface area contributed by atoms with E-state index in [0.717, 1.165) is 58.5 Å². The topological polar surface area (TPSA) is 65.2 Å². The van der Waals surface area contributed by atoms with Crippen LogP contribution in [-0.4, -0.2) is 56.4 Å². The van der Waals surface area contributed by atoms with E-state index in [-0.39, 0.29) is 5.91 Å². The smallest absolute Gasteiger partial charge is 0.274 e. The molecule has 146 valence electrons. The lowest BCUT2D eigenvalue weighted by atomic mass is 9.97. The van der Waals surface area contributed by atoms with Gasteiger partial charge < -0.3 is 14.2 Å². The minimum absolute atomic E-state index is 0.0488. The average Bonchev–Trinajstić information content (AvgIpc) is 3.35. The van der Waals surface area contributed by atoms with Gasteiger partial charge in [0, 0.05) is 62.9 Å². The SMILES string of the molecule is CCn1ccc(C(=O)N2CCC(n3c(C)cnc3C3CCOCC3)CC2)n1. The third-order valence-electron chi connectivity index (χ3n) is 5.90. The molecule has 1 amide bonds. The second-order valence-corrected chi connectivity index (χ2v) is 7.59. The Morgan fingerprint density at radius 1 is 1.22 bits per heavy atom. The van der Waals surface area contributed by atoms with E-state index in [1.54, 1.807) is 4.68 Å². The van der Waals surface area contributed by atoms with Gasteiger partial charge in [0.2, 0.25) is 0 Å². The first-order chi connectivity index (χ1) is 13.2. The highest BCUT2D eigenvalue weighted by atomic mass is 16.5. The minimum atomic E-state index is 0.0488. The van der Waals surface area contributed by atoms with Gasteiger partial charge in [0.1, 0.15) is 11.5 Å². The maximum Gasteiger partial charge on any atom is 0.274 e. The number of aryl methyl sites for hydroxylation is 2. The molecule has 0 saturated carbocycles. The van der Waals surface area contributed by atoms with Crippen LogP contribution in [0.2, 0.25) is 0 Å². The first kappa shape index (κ1) is 18.2. The molecule has 0 radical (unpaired) electrons. The van der Waals surface area contributed by atoms with Crippen LogP contribution in [0, 0.1) is 6.92 Å². The molecule has 0 aliphatic carbocycles. The summed E-state index contributed by atoms with van der Waals surface area (Å²) in [7, 11) is 0. The molecule has 4 heterocycles. The Morgan fingerprint density at radius 3 is 2.63 bits per heavy atom. The van der Waals surface area contributed by atoms with Gasteiger partial charge in [-0.2, -0.15) is 5.10 Å². The molecular formula is C20H29N5O2. The number of imidazole rings is 1. The molecule has 4 rings (SSSR count). The van der Waals surface area contributed by atoms with Crippen molar-refractivity contribution in [2.75, 3.05) is 26.3 Å². The lowest BCUT2D eigenvalue weighted by Crippen LogP contribution is -2.40. The predicted molar refractivity (Wildman–Crippen MR) is 102 cm³/mol. The molecule has 0 spiro atoms. The molecule has 7 heteroatoms. The molecule has 0 N–H and O–H groups in total. The van der Waals surface area contributed by atoms with Crippen molar-refractivity contribution in [1.29, 1.82) is 0 Å². The first-order valence-electron chi connectivity index (χ1n) is 10.1. The number of amides is 1. The van der Waals surface area contributed by atoms with Gasteiger partial charge >= 0.3 is 0 Å². The largest absolute Gasteiger partial charge is 0.381 e. The van der Waals surface area contributed by atoms with Crippen LogP contribution in [0.4, 0.5) is 0 Å². The summed E-state index contributed by atoms with van der Waals surface area (Å²) in [5.74, 6) is 1.75. The second-order valence-electron chi connectivity index (χ2n) is 7.59. The van der Waals surface area contributed by atoms with Gasteiger partial charge in [-0.15, -0.1) is 0 Å². The van der Waals surface area contributed by atoms with Crippen LogP contribution >= 0.6 is 0 Å². The van der Waals surface area contributed by atoms with Crippen molar-refractivity contribution in [2.45, 2.75) is 58.0 Å². The van der Waals surface area contributed by atoms with Gasteiger partial charge in [0.05, 0.1) is 0 Å². The van der Waals surface area contributed by atoms with Gasteiger partial charge in [0.25, 0.3) is 5.91 Å². The average molecular weight is 371 g/mol. The standard InChI is InChI=1S/C20H29N5O2/c1-3-24-11-6-18(22-24)20(26)23-9-4-17(5-10-23)25-15(2)14-21-19(25)16-7-12-27-13-8-16/h6,11,14,16-17H,3-5,7-10,12-13H2,1-2H3. The van der Waals surface area contributed by atoms with Crippen LogP contribution < -0.4 is 0 Å². The zero-order valence-corrected chi connectivity index (χ0v) is 16.3. The van der Waals surface area contributed by atoms with Crippen LogP contribution in [0.15, 0.2) is 18.5 Å². The summed E-state index contributed by atoms with van der Waals surface area (Å²) in [6.07, 6.45) is 7.90. The van der Waals surface area contributed by atoms with Crippen molar-refractivity contribution in [3.8, 4) is 0 Å². The van der Waals surface area contributed by atoms with E-state index < -0.39 is 0 Å². The van der Waals surface area contributed by atoms with Crippen LogP contribution in [0.3, 0.4) is 0 Å². The van der Waals surface area contributed by atoms with Crippen LogP contribution in [0.5, 0.6) is 0 Å². The molecule has 2 fully saturated rings. The monoisotopic (exact) mass is 371 g/mol. The third kappa shape index (κ3) is 3.65. The van der Waals surface area contributed by atoms with Gasteiger partial charge in [-0.3, -0.25) is 9.48 Å². The highest BCUT2D eigenvalue weighted by Crippen LogP contribution is 2.32. The summed E-state index contributed by atoms with van der Waals surface area (Å²) in [4.78, 5) is 19.4. The number of rotatable bonds is 4. The zero-order chi connectivity index (χ0) is 18.8. The molecule has 2 aromatic heterocycles. The number of carbonyl (C=O) groups is 1. The minimum Gasteiger partial charge on any atom is -0.381 e. The Kier molecular flexibility index (Phi) is 5.29. The molecule has 2 aromatic rings. The van der Waals surface area contributed by atoms with E-state index >= 15 is 0 Å². The number of nitrogens with zero attached hydrogens (tertiary/aromatic N) is 5. The number of carbonyl (C=O) groups excluding carboxylic acids is 1. The molecular weight excluding hydrogens is 342 g/mol. The van der Waals surface area contributed by atoms with Crippen molar-refractivity contribution in [2.24, 2.45) is 0 Å². The predicted octanol–water partition coefficient (Wildman–Crippen LogP) is 2.78. The van der Waals surface area contributed by atoms with Gasteiger partial charge in [-0.25, -0.2) is 4.98 Å². The van der Waals surface area contributed by atoms with E-state index in [1.807, 2.05) is 30.3 Å². The highest BCUT2D eigenvalue weighted by Gasteiger charge is 2.30. The molecule has 7 nitrogen and oxygen atoms in total. The number of aromatic nitrogens is 4. The van der Waals surface area contributed by atoms with E-state index in [0.29, 0.717) is 17.7 Å². The summed E-state index contributed by atoms with van der Waals surface area (Å²) in [6, 6.07) is 2.24. The van der Waals surface area contributed by atoms with E-state index in [1.165, 1.54) is 11.5 Å². The fourth-order valence-corrected chi connectivity index (χ4v) is 4.34. The van der Waals surface area contributed by atoms with Gasteiger partial charge in [0.15, 0.2) is 0 Å². The maximum absolute atomic E-state index is 12.7. The normalized spacial score (nSPS) is 19.6. The van der Waals surface area contributed by atoms with Gasteiger partial charge in [-0.05, 0) is 45.6 Å². The molecule has 2 aliphatic rings. The zero-order valence-electron chi connectivity index (χ0n) is 16.3. The highest BCUT2D eigenvalue weighted by molar-refractivity contribution is 5.92. The van der Waals surface area contributed by atoms with Crippen LogP contribution in [-0.2, 0) is 11.3 Å². The summed E-state index contributed by atoms with van der Waals surface area (Å²) in [6.45, 7) is 8.15. The Balaban J connectivity index is 1.43. The summed E-state index contributed by atoms with van der Waals surface area (Å²) >= 11 is 0. The van der Waals surface area contributed by atoms with E-state index in [4.69, 9.17) is 9.72 Å². The molecule has 2 aliphatic heterocycles. The van der Waals surface area contributed by atoms with Crippen molar-refractivity contribution >= 4 is 5.91 Å². The molecule has 0 atom stereocenters. The Labute approximate surface area is 160 Å². The fraction of sp³-hybridized carbons (Fsp3) is 0.650. The van der Waals surface area contributed by atoms with E-state index in [2.05, 4.69) is 16.6 Å². The number of hydrogen-bond donors (Lipinski definition) is 0. The van der Waals surface area contributed by atoms with E-state index in [9.17, 15) is 4.79 Å².